The lowest BCUT2D eigenvalue weighted by Crippen LogP contribution is -2.39. The summed E-state index contributed by atoms with van der Waals surface area (Å²) in [7, 11) is 0. The van der Waals surface area contributed by atoms with E-state index in [-0.39, 0.29) is 24.0 Å². The third-order valence-corrected chi connectivity index (χ3v) is 6.30. The second-order valence-corrected chi connectivity index (χ2v) is 8.39. The van der Waals surface area contributed by atoms with E-state index in [2.05, 4.69) is 31.3 Å². The Hall–Kier alpha value is -0.510. The zero-order chi connectivity index (χ0) is 18.2. The van der Waals surface area contributed by atoms with Crippen LogP contribution >= 0.6 is 35.7 Å². The molecule has 3 rings (SSSR count). The summed E-state index contributed by atoms with van der Waals surface area (Å²) in [4.78, 5) is 4.54. The molecular formula is C19H35IN6S. The Morgan fingerprint density at radius 1 is 1.11 bits per heavy atom. The minimum atomic E-state index is 0. The molecule has 0 unspecified atom stereocenters. The first-order chi connectivity index (χ1) is 12.8. The van der Waals surface area contributed by atoms with Crippen molar-refractivity contribution in [2.24, 2.45) is 10.7 Å². The number of halogens is 1. The molecule has 1 aromatic heterocycles. The molecule has 3 N–H and O–H groups in total. The Bertz CT molecular complexity index is 577. The first-order valence-electron chi connectivity index (χ1n) is 10.3. The van der Waals surface area contributed by atoms with E-state index < -0.39 is 0 Å². The van der Waals surface area contributed by atoms with Crippen molar-refractivity contribution in [3.63, 3.8) is 0 Å². The summed E-state index contributed by atoms with van der Waals surface area (Å²) in [5.74, 6) is 1.73. The van der Waals surface area contributed by atoms with Crippen LogP contribution < -0.4 is 11.1 Å². The van der Waals surface area contributed by atoms with E-state index in [0.29, 0.717) is 18.0 Å². The van der Waals surface area contributed by atoms with Crippen molar-refractivity contribution in [3.05, 3.63) is 5.82 Å². The van der Waals surface area contributed by atoms with Crippen molar-refractivity contribution in [2.75, 3.05) is 12.8 Å². The Labute approximate surface area is 185 Å². The monoisotopic (exact) mass is 506 g/mol. The highest BCUT2D eigenvalue weighted by Crippen LogP contribution is 2.33. The predicted octanol–water partition coefficient (Wildman–Crippen LogP) is 4.29. The summed E-state index contributed by atoms with van der Waals surface area (Å²) in [6.07, 6.45) is 16.9. The van der Waals surface area contributed by atoms with Crippen LogP contribution in [0.1, 0.15) is 82.5 Å². The number of hydrogen-bond donors (Lipinski definition) is 2. The lowest BCUT2D eigenvalue weighted by molar-refractivity contribution is 0.461. The maximum atomic E-state index is 6.09. The summed E-state index contributed by atoms with van der Waals surface area (Å²) in [5.41, 5.74) is 6.09. The average Bonchev–Trinajstić information content (AvgIpc) is 3.23. The fourth-order valence-corrected chi connectivity index (χ4v) is 4.84. The third-order valence-electron chi connectivity index (χ3n) is 5.66. The zero-order valence-electron chi connectivity index (χ0n) is 16.5. The van der Waals surface area contributed by atoms with Gasteiger partial charge in [-0.15, -0.1) is 34.2 Å². The van der Waals surface area contributed by atoms with Crippen LogP contribution in [0.25, 0.3) is 0 Å². The summed E-state index contributed by atoms with van der Waals surface area (Å²) in [6.45, 7) is 0.748. The van der Waals surface area contributed by atoms with Crippen molar-refractivity contribution in [2.45, 2.75) is 94.3 Å². The number of nitrogens with two attached hydrogens (primary N) is 1. The van der Waals surface area contributed by atoms with Crippen LogP contribution in [0.5, 0.6) is 0 Å². The molecule has 27 heavy (non-hydrogen) atoms. The molecule has 0 atom stereocenters. The lowest BCUT2D eigenvalue weighted by atomic mass is 10.1. The number of thioether (sulfide) groups is 1. The molecule has 2 aliphatic carbocycles. The van der Waals surface area contributed by atoms with Crippen molar-refractivity contribution < 1.29 is 0 Å². The first-order valence-corrected chi connectivity index (χ1v) is 11.5. The third kappa shape index (κ3) is 6.80. The van der Waals surface area contributed by atoms with Gasteiger partial charge in [-0.3, -0.25) is 4.99 Å². The second-order valence-electron chi connectivity index (χ2n) is 7.61. The Morgan fingerprint density at radius 3 is 2.44 bits per heavy atom. The molecular weight excluding hydrogens is 471 g/mol. The molecule has 0 aliphatic heterocycles. The van der Waals surface area contributed by atoms with Crippen molar-refractivity contribution in [1.29, 1.82) is 0 Å². The molecule has 0 bridgehead atoms. The van der Waals surface area contributed by atoms with Gasteiger partial charge in [-0.1, -0.05) is 50.3 Å². The van der Waals surface area contributed by atoms with Gasteiger partial charge < -0.3 is 15.6 Å². The largest absolute Gasteiger partial charge is 0.370 e. The van der Waals surface area contributed by atoms with Gasteiger partial charge in [-0.05, 0) is 38.4 Å². The van der Waals surface area contributed by atoms with Gasteiger partial charge in [0, 0.05) is 25.0 Å². The number of aryl methyl sites for hydroxylation is 1. The van der Waals surface area contributed by atoms with E-state index in [9.17, 15) is 0 Å². The number of hydrogen-bond acceptors (Lipinski definition) is 4. The highest BCUT2D eigenvalue weighted by atomic mass is 127. The molecule has 2 fully saturated rings. The van der Waals surface area contributed by atoms with E-state index >= 15 is 0 Å². The van der Waals surface area contributed by atoms with Crippen LogP contribution in [-0.4, -0.2) is 39.6 Å². The number of rotatable bonds is 7. The molecule has 2 aliphatic rings. The quantitative estimate of drug-likeness (QED) is 0.144. The van der Waals surface area contributed by atoms with Gasteiger partial charge >= 0.3 is 0 Å². The molecule has 2 saturated carbocycles. The highest BCUT2D eigenvalue weighted by Gasteiger charge is 2.23. The number of nitrogens with one attached hydrogen (secondary N) is 1. The van der Waals surface area contributed by atoms with E-state index in [4.69, 9.17) is 5.73 Å². The van der Waals surface area contributed by atoms with Crippen LogP contribution in [0.4, 0.5) is 0 Å². The fourth-order valence-electron chi connectivity index (χ4n) is 4.26. The summed E-state index contributed by atoms with van der Waals surface area (Å²) in [6, 6.07) is 1.10. The number of aliphatic imine (C=N–C) groups is 1. The number of nitrogens with zero attached hydrogens (tertiary/aromatic N) is 4. The normalized spacial score (nSPS) is 19.7. The van der Waals surface area contributed by atoms with Gasteiger partial charge in [0.15, 0.2) is 11.1 Å². The smallest absolute Gasteiger partial charge is 0.191 e. The van der Waals surface area contributed by atoms with Gasteiger partial charge in [0.25, 0.3) is 0 Å². The highest BCUT2D eigenvalue weighted by molar-refractivity contribution is 14.0. The average molecular weight is 507 g/mol. The second kappa shape index (κ2) is 12.1. The van der Waals surface area contributed by atoms with Crippen molar-refractivity contribution in [1.82, 2.24) is 20.1 Å². The Morgan fingerprint density at radius 2 is 1.78 bits per heavy atom. The van der Waals surface area contributed by atoms with E-state index in [1.165, 1.54) is 64.2 Å². The molecule has 0 amide bonds. The molecule has 0 aromatic carbocycles. The Balaban J connectivity index is 0.00000261. The minimum Gasteiger partial charge on any atom is -0.370 e. The van der Waals surface area contributed by atoms with Gasteiger partial charge in [0.05, 0.1) is 0 Å². The van der Waals surface area contributed by atoms with Crippen LogP contribution in [0.3, 0.4) is 0 Å². The Kier molecular flexibility index (Phi) is 10.2. The lowest BCUT2D eigenvalue weighted by Gasteiger charge is -2.17. The minimum absolute atomic E-state index is 0. The molecule has 6 nitrogen and oxygen atoms in total. The van der Waals surface area contributed by atoms with Crippen LogP contribution in [0.15, 0.2) is 10.1 Å². The summed E-state index contributed by atoms with van der Waals surface area (Å²) >= 11 is 1.70. The standard InChI is InChI=1S/C19H34N6S.HI/c1-26-19-24-23-17(25(19)16-11-6-7-12-16)13-8-14-21-18(20)22-15-9-4-2-3-5-10-15;/h15-16H,2-14H2,1H3,(H3,20,21,22);1H. The molecule has 0 saturated heterocycles. The first kappa shape index (κ1) is 22.8. The van der Waals surface area contributed by atoms with Crippen molar-refractivity contribution in [3.8, 4) is 0 Å². The maximum absolute atomic E-state index is 6.09. The van der Waals surface area contributed by atoms with E-state index in [1.807, 2.05) is 0 Å². The maximum Gasteiger partial charge on any atom is 0.191 e. The van der Waals surface area contributed by atoms with Crippen molar-refractivity contribution >= 4 is 41.7 Å². The SMILES string of the molecule is CSc1nnc(CCCN=C(N)NC2CCCCCC2)n1C1CCCC1.I. The van der Waals surface area contributed by atoms with E-state index in [0.717, 1.165) is 30.4 Å². The zero-order valence-corrected chi connectivity index (χ0v) is 19.7. The van der Waals surface area contributed by atoms with Gasteiger partial charge in [-0.2, -0.15) is 0 Å². The van der Waals surface area contributed by atoms with Crippen LogP contribution in [0.2, 0.25) is 0 Å². The number of aromatic nitrogens is 3. The molecule has 8 heteroatoms. The van der Waals surface area contributed by atoms with Gasteiger partial charge in [0.1, 0.15) is 5.82 Å². The van der Waals surface area contributed by atoms with Crippen LogP contribution in [0, 0.1) is 0 Å². The van der Waals surface area contributed by atoms with Crippen LogP contribution in [-0.2, 0) is 6.42 Å². The molecule has 0 radical (unpaired) electrons. The predicted molar refractivity (Wildman–Crippen MR) is 124 cm³/mol. The summed E-state index contributed by atoms with van der Waals surface area (Å²) in [5, 5.41) is 13.3. The molecule has 154 valence electrons. The molecule has 1 aromatic rings. The fraction of sp³-hybridized carbons (Fsp3) is 0.842. The summed E-state index contributed by atoms with van der Waals surface area (Å²) < 4.78 is 2.38. The molecule has 1 heterocycles. The topological polar surface area (TPSA) is 81.1 Å². The number of guanidine groups is 1. The van der Waals surface area contributed by atoms with Gasteiger partial charge in [0.2, 0.25) is 0 Å². The molecule has 0 spiro atoms. The van der Waals surface area contributed by atoms with Gasteiger partial charge in [-0.25, -0.2) is 0 Å². The van der Waals surface area contributed by atoms with E-state index in [1.54, 1.807) is 11.8 Å².